The smallest absolute Gasteiger partial charge is 0.289 e. The van der Waals surface area contributed by atoms with Gasteiger partial charge in [0.1, 0.15) is 11.4 Å². The second-order valence-corrected chi connectivity index (χ2v) is 9.60. The lowest BCUT2D eigenvalue weighted by molar-refractivity contribution is -0.0276. The molecule has 1 fully saturated rings. The number of benzene rings is 2. The molecule has 0 saturated carbocycles. The quantitative estimate of drug-likeness (QED) is 0.407. The number of aromatic nitrogens is 1. The minimum absolute atomic E-state index is 0.187. The molecule has 36 heavy (non-hydrogen) atoms. The van der Waals surface area contributed by atoms with E-state index in [2.05, 4.69) is 9.88 Å². The van der Waals surface area contributed by atoms with Gasteiger partial charge in [-0.25, -0.2) is 4.39 Å². The standard InChI is InChI=1S/C29H30FN3O3/c1-32(14-10-25-7-2-3-13-31-25)28(34)27-19-22-18-23(8-9-26(22)36-27)29(35)11-15-33(16-12-29)20-21-5-4-6-24(30)17-21/h2-9,13,17-19,35H,10-12,14-16,20H2,1H3. The number of likely N-dealkylation sites (tertiary alicyclic amines) is 1. The molecule has 3 heterocycles. The van der Waals surface area contributed by atoms with Crippen molar-refractivity contribution in [2.45, 2.75) is 31.4 Å². The third-order valence-electron chi connectivity index (χ3n) is 7.02. The molecule has 7 heteroatoms. The van der Waals surface area contributed by atoms with Gasteiger partial charge in [0.25, 0.3) is 5.91 Å². The molecule has 1 amide bonds. The predicted molar refractivity (Wildman–Crippen MR) is 136 cm³/mol. The van der Waals surface area contributed by atoms with Gasteiger partial charge in [-0.15, -0.1) is 0 Å². The van der Waals surface area contributed by atoms with Crippen LogP contribution in [-0.4, -0.2) is 52.5 Å². The van der Waals surface area contributed by atoms with E-state index in [1.165, 1.54) is 6.07 Å². The molecule has 6 nitrogen and oxygen atoms in total. The van der Waals surface area contributed by atoms with Crippen LogP contribution in [0.5, 0.6) is 0 Å². The minimum Gasteiger partial charge on any atom is -0.451 e. The molecule has 2 aromatic heterocycles. The number of aliphatic hydroxyl groups is 1. The zero-order valence-electron chi connectivity index (χ0n) is 20.4. The first-order chi connectivity index (χ1) is 17.4. The molecule has 0 radical (unpaired) electrons. The Morgan fingerprint density at radius 1 is 1.11 bits per heavy atom. The van der Waals surface area contributed by atoms with E-state index in [4.69, 9.17) is 4.42 Å². The molecular weight excluding hydrogens is 457 g/mol. The van der Waals surface area contributed by atoms with Crippen LogP contribution in [0, 0.1) is 5.82 Å². The Balaban J connectivity index is 1.23. The second-order valence-electron chi connectivity index (χ2n) is 9.60. The summed E-state index contributed by atoms with van der Waals surface area (Å²) in [4.78, 5) is 21.1. The van der Waals surface area contributed by atoms with Gasteiger partial charge in [0.15, 0.2) is 5.76 Å². The number of furan rings is 1. The number of hydrogen-bond donors (Lipinski definition) is 1. The van der Waals surface area contributed by atoms with Gasteiger partial charge >= 0.3 is 0 Å². The highest BCUT2D eigenvalue weighted by molar-refractivity contribution is 5.96. The van der Waals surface area contributed by atoms with Gasteiger partial charge in [-0.2, -0.15) is 0 Å². The molecule has 0 atom stereocenters. The van der Waals surface area contributed by atoms with Gasteiger partial charge in [-0.1, -0.05) is 24.3 Å². The molecule has 2 aromatic carbocycles. The third kappa shape index (κ3) is 5.32. The Morgan fingerprint density at radius 3 is 2.69 bits per heavy atom. The number of halogens is 1. The summed E-state index contributed by atoms with van der Waals surface area (Å²) >= 11 is 0. The molecule has 186 valence electrons. The van der Waals surface area contributed by atoms with E-state index in [0.717, 1.165) is 22.2 Å². The van der Waals surface area contributed by atoms with Crippen LogP contribution in [-0.2, 0) is 18.6 Å². The maximum absolute atomic E-state index is 13.5. The minimum atomic E-state index is -0.951. The molecular formula is C29H30FN3O3. The van der Waals surface area contributed by atoms with Crippen LogP contribution in [0.15, 0.2) is 77.3 Å². The first-order valence-corrected chi connectivity index (χ1v) is 12.3. The van der Waals surface area contributed by atoms with Crippen LogP contribution in [0.3, 0.4) is 0 Å². The average Bonchev–Trinajstić information content (AvgIpc) is 3.32. The third-order valence-corrected chi connectivity index (χ3v) is 7.02. The lowest BCUT2D eigenvalue weighted by atomic mass is 9.84. The lowest BCUT2D eigenvalue weighted by Gasteiger charge is -2.38. The van der Waals surface area contributed by atoms with E-state index in [1.807, 2.05) is 42.5 Å². The van der Waals surface area contributed by atoms with E-state index in [-0.39, 0.29) is 17.5 Å². The number of piperidine rings is 1. The fourth-order valence-corrected chi connectivity index (χ4v) is 4.82. The molecule has 0 bridgehead atoms. The van der Waals surface area contributed by atoms with Crippen LogP contribution in [0.2, 0.25) is 0 Å². The Morgan fingerprint density at radius 2 is 1.94 bits per heavy atom. The van der Waals surface area contributed by atoms with E-state index in [0.29, 0.717) is 51.0 Å². The number of likely N-dealkylation sites (N-methyl/N-ethyl adjacent to an activating group) is 1. The Hall–Kier alpha value is -3.55. The molecule has 4 aromatic rings. The molecule has 0 spiro atoms. The van der Waals surface area contributed by atoms with E-state index in [1.54, 1.807) is 36.3 Å². The zero-order valence-corrected chi connectivity index (χ0v) is 20.4. The van der Waals surface area contributed by atoms with E-state index >= 15 is 0 Å². The van der Waals surface area contributed by atoms with Gasteiger partial charge in [-0.05, 0) is 66.4 Å². The fourth-order valence-electron chi connectivity index (χ4n) is 4.82. The zero-order chi connectivity index (χ0) is 25.1. The van der Waals surface area contributed by atoms with Crippen molar-refractivity contribution in [3.05, 3.63) is 101 Å². The molecule has 1 saturated heterocycles. The van der Waals surface area contributed by atoms with Crippen LogP contribution in [0.1, 0.15) is 40.2 Å². The first-order valence-electron chi connectivity index (χ1n) is 12.3. The highest BCUT2D eigenvalue weighted by atomic mass is 19.1. The molecule has 1 aliphatic rings. The number of rotatable bonds is 7. The second kappa shape index (κ2) is 10.2. The lowest BCUT2D eigenvalue weighted by Crippen LogP contribution is -2.42. The summed E-state index contributed by atoms with van der Waals surface area (Å²) in [5.74, 6) is -0.137. The maximum atomic E-state index is 13.5. The number of pyridine rings is 1. The van der Waals surface area contributed by atoms with Crippen LogP contribution < -0.4 is 0 Å². The predicted octanol–water partition coefficient (Wildman–Crippen LogP) is 4.77. The van der Waals surface area contributed by atoms with Gasteiger partial charge < -0.3 is 14.4 Å². The first kappa shape index (κ1) is 24.2. The van der Waals surface area contributed by atoms with Crippen molar-refractivity contribution >= 4 is 16.9 Å². The van der Waals surface area contributed by atoms with Crippen molar-refractivity contribution in [3.8, 4) is 0 Å². The number of carbonyl (C=O) groups excluding carboxylic acids is 1. The largest absolute Gasteiger partial charge is 0.451 e. The number of fused-ring (bicyclic) bond motifs is 1. The van der Waals surface area contributed by atoms with Gasteiger partial charge in [-0.3, -0.25) is 14.7 Å². The SMILES string of the molecule is CN(CCc1ccccn1)C(=O)c1cc2cc(C3(O)CCN(Cc4cccc(F)c4)CC3)ccc2o1. The fraction of sp³-hybridized carbons (Fsp3) is 0.310. The van der Waals surface area contributed by atoms with Crippen molar-refractivity contribution in [1.82, 2.24) is 14.8 Å². The Kier molecular flexibility index (Phi) is 6.85. The summed E-state index contributed by atoms with van der Waals surface area (Å²) in [5, 5.41) is 12.2. The van der Waals surface area contributed by atoms with Crippen LogP contribution in [0.25, 0.3) is 11.0 Å². The Bertz CT molecular complexity index is 1350. The summed E-state index contributed by atoms with van der Waals surface area (Å²) in [6.07, 6.45) is 3.56. The Labute approximate surface area is 210 Å². The number of hydrogen-bond acceptors (Lipinski definition) is 5. The van der Waals surface area contributed by atoms with Crippen molar-refractivity contribution in [3.63, 3.8) is 0 Å². The highest BCUT2D eigenvalue weighted by Crippen LogP contribution is 2.35. The van der Waals surface area contributed by atoms with E-state index < -0.39 is 5.60 Å². The summed E-state index contributed by atoms with van der Waals surface area (Å²) in [5.41, 5.74) is 2.35. The highest BCUT2D eigenvalue weighted by Gasteiger charge is 2.34. The van der Waals surface area contributed by atoms with Gasteiger partial charge in [0.2, 0.25) is 0 Å². The molecule has 0 aliphatic carbocycles. The summed E-state index contributed by atoms with van der Waals surface area (Å²) in [6, 6.07) is 19.8. The van der Waals surface area contributed by atoms with Crippen molar-refractivity contribution in [2.24, 2.45) is 0 Å². The van der Waals surface area contributed by atoms with Crippen molar-refractivity contribution < 1.29 is 18.7 Å². The number of carbonyl (C=O) groups is 1. The number of nitrogens with zero attached hydrogens (tertiary/aromatic N) is 3. The molecule has 0 unspecified atom stereocenters. The monoisotopic (exact) mass is 487 g/mol. The van der Waals surface area contributed by atoms with Crippen molar-refractivity contribution in [1.29, 1.82) is 0 Å². The van der Waals surface area contributed by atoms with Gasteiger partial charge in [0, 0.05) is 56.9 Å². The van der Waals surface area contributed by atoms with E-state index in [9.17, 15) is 14.3 Å². The topological polar surface area (TPSA) is 69.8 Å². The summed E-state index contributed by atoms with van der Waals surface area (Å²) < 4.78 is 19.3. The maximum Gasteiger partial charge on any atom is 0.289 e. The van der Waals surface area contributed by atoms with Gasteiger partial charge in [0.05, 0.1) is 5.60 Å². The normalized spacial score (nSPS) is 15.8. The average molecular weight is 488 g/mol. The van der Waals surface area contributed by atoms with Crippen LogP contribution in [0.4, 0.5) is 4.39 Å². The van der Waals surface area contributed by atoms with Crippen molar-refractivity contribution in [2.75, 3.05) is 26.7 Å². The molecule has 1 N–H and O–H groups in total. The molecule has 5 rings (SSSR count). The molecule has 1 aliphatic heterocycles. The number of amides is 1. The van der Waals surface area contributed by atoms with Crippen LogP contribution >= 0.6 is 0 Å². The summed E-state index contributed by atoms with van der Waals surface area (Å²) in [7, 11) is 1.75. The summed E-state index contributed by atoms with van der Waals surface area (Å²) in [6.45, 7) is 2.61.